The molecule has 0 radical (unpaired) electrons. The van der Waals surface area contributed by atoms with Crippen molar-refractivity contribution in [3.05, 3.63) is 34.4 Å². The van der Waals surface area contributed by atoms with Gasteiger partial charge in [0, 0.05) is 12.0 Å². The van der Waals surface area contributed by atoms with Crippen LogP contribution in [0, 0.1) is 11.3 Å². The van der Waals surface area contributed by atoms with E-state index >= 15 is 0 Å². The van der Waals surface area contributed by atoms with Gasteiger partial charge in [0.05, 0.1) is 17.3 Å². The van der Waals surface area contributed by atoms with Gasteiger partial charge in [0.25, 0.3) is 0 Å². The van der Waals surface area contributed by atoms with E-state index in [1.165, 1.54) is 16.7 Å². The van der Waals surface area contributed by atoms with E-state index in [1.807, 2.05) is 13.8 Å². The van der Waals surface area contributed by atoms with E-state index in [1.54, 1.807) is 0 Å². The van der Waals surface area contributed by atoms with Crippen molar-refractivity contribution in [1.29, 1.82) is 0 Å². The average Bonchev–Trinajstić information content (AvgIpc) is 3.42. The van der Waals surface area contributed by atoms with Crippen LogP contribution >= 0.6 is 0 Å². The van der Waals surface area contributed by atoms with Gasteiger partial charge >= 0.3 is 0 Å². The average molecular weight is 475 g/mol. The molecule has 2 N–H and O–H groups in total. The topological polar surface area (TPSA) is 70.1 Å². The van der Waals surface area contributed by atoms with Crippen LogP contribution in [-0.2, 0) is 9.53 Å². The quantitative estimate of drug-likeness (QED) is 0.132. The Balaban J connectivity index is 1.99. The van der Waals surface area contributed by atoms with E-state index in [-0.39, 0.29) is 23.5 Å². The summed E-state index contributed by atoms with van der Waals surface area (Å²) >= 11 is 0. The zero-order chi connectivity index (χ0) is 25.6. The molecule has 0 aromatic carbocycles. The van der Waals surface area contributed by atoms with Crippen LogP contribution in [0.15, 0.2) is 34.4 Å². The minimum atomic E-state index is -0.795. The third-order valence-corrected chi connectivity index (χ3v) is 8.82. The fourth-order valence-corrected chi connectivity index (χ4v) is 5.98. The van der Waals surface area contributed by atoms with Crippen LogP contribution < -0.4 is 0 Å². The van der Waals surface area contributed by atoms with E-state index in [2.05, 4.69) is 46.8 Å². The van der Waals surface area contributed by atoms with Crippen LogP contribution in [0.25, 0.3) is 0 Å². The van der Waals surface area contributed by atoms with Crippen molar-refractivity contribution < 1.29 is 19.7 Å². The van der Waals surface area contributed by atoms with Crippen molar-refractivity contribution in [2.45, 2.75) is 130 Å². The highest BCUT2D eigenvalue weighted by Gasteiger charge is 2.52. The van der Waals surface area contributed by atoms with E-state index in [0.29, 0.717) is 18.9 Å². The van der Waals surface area contributed by atoms with Crippen molar-refractivity contribution in [2.24, 2.45) is 11.3 Å². The lowest BCUT2D eigenvalue weighted by atomic mass is 9.54. The maximum Gasteiger partial charge on any atom is 0.145 e. The van der Waals surface area contributed by atoms with Crippen LogP contribution in [0.2, 0.25) is 0 Å². The Morgan fingerprint density at radius 1 is 1.06 bits per heavy atom. The smallest absolute Gasteiger partial charge is 0.145 e. The molecule has 0 aromatic rings. The number of aliphatic hydroxyl groups is 2. The second-order valence-electron chi connectivity index (χ2n) is 11.8. The molecule has 5 atom stereocenters. The summed E-state index contributed by atoms with van der Waals surface area (Å²) in [6, 6.07) is 0. The standard InChI is InChI=1S/C30H50O4/c1-22(2)11-8-18-29(6)27(34-29)15-14-23(3)12-9-17-28(5)26(13-10-20-31)25(24(4)21-32)16-19-30(28,7)33/h11-12,21,26-27,31,33H,8-10,13-20H2,1-7H3/b23-12+,25-24+/t26-,27?,28+,29?,30+/m1/s1. The summed E-state index contributed by atoms with van der Waals surface area (Å²) in [5, 5.41) is 20.9. The summed E-state index contributed by atoms with van der Waals surface area (Å²) < 4.78 is 6.03. The highest BCUT2D eigenvalue weighted by atomic mass is 16.6. The van der Waals surface area contributed by atoms with Gasteiger partial charge < -0.3 is 14.9 Å². The van der Waals surface area contributed by atoms with Gasteiger partial charge in [0.2, 0.25) is 0 Å². The van der Waals surface area contributed by atoms with Gasteiger partial charge in [-0.05, 0) is 117 Å². The largest absolute Gasteiger partial charge is 0.396 e. The summed E-state index contributed by atoms with van der Waals surface area (Å²) in [5.41, 5.74) is 3.64. The normalized spacial score (nSPS) is 35.1. The van der Waals surface area contributed by atoms with Crippen molar-refractivity contribution in [2.75, 3.05) is 6.61 Å². The molecular weight excluding hydrogens is 424 g/mol. The monoisotopic (exact) mass is 474 g/mol. The summed E-state index contributed by atoms with van der Waals surface area (Å²) in [7, 11) is 0. The Morgan fingerprint density at radius 3 is 2.35 bits per heavy atom. The molecule has 1 saturated carbocycles. The Bertz CT molecular complexity index is 786. The molecule has 0 aromatic heterocycles. The molecule has 0 spiro atoms. The molecule has 0 amide bonds. The van der Waals surface area contributed by atoms with Gasteiger partial charge in [-0.25, -0.2) is 0 Å². The zero-order valence-electron chi connectivity index (χ0n) is 22.9. The molecule has 2 aliphatic rings. The van der Waals surface area contributed by atoms with Crippen LogP contribution in [0.1, 0.15) is 113 Å². The molecule has 1 saturated heterocycles. The first kappa shape index (κ1) is 29.0. The second kappa shape index (κ2) is 12.1. The number of hydrogen-bond donors (Lipinski definition) is 2. The molecule has 4 nitrogen and oxygen atoms in total. The number of ether oxygens (including phenoxy) is 1. The van der Waals surface area contributed by atoms with Crippen molar-refractivity contribution >= 4 is 6.29 Å². The fraction of sp³-hybridized carbons (Fsp3) is 0.767. The number of allylic oxidation sites excluding steroid dienone is 6. The number of aldehydes is 1. The van der Waals surface area contributed by atoms with Gasteiger partial charge in [-0.2, -0.15) is 0 Å². The van der Waals surface area contributed by atoms with Crippen LogP contribution in [0.3, 0.4) is 0 Å². The molecule has 1 aliphatic carbocycles. The van der Waals surface area contributed by atoms with Crippen molar-refractivity contribution in [3.8, 4) is 0 Å². The molecule has 34 heavy (non-hydrogen) atoms. The maximum atomic E-state index is 11.6. The number of aliphatic hydroxyl groups excluding tert-OH is 1. The minimum Gasteiger partial charge on any atom is -0.396 e. The van der Waals surface area contributed by atoms with Crippen LogP contribution in [0.4, 0.5) is 0 Å². The lowest BCUT2D eigenvalue weighted by Crippen LogP contribution is -2.52. The molecule has 2 unspecified atom stereocenters. The third kappa shape index (κ3) is 7.15. The molecule has 4 heteroatoms. The number of epoxide rings is 1. The minimum absolute atomic E-state index is 0.0413. The molecule has 2 rings (SSSR count). The first-order valence-electron chi connectivity index (χ1n) is 13.3. The second-order valence-corrected chi connectivity index (χ2v) is 11.8. The predicted molar refractivity (Wildman–Crippen MR) is 141 cm³/mol. The summed E-state index contributed by atoms with van der Waals surface area (Å²) in [5.74, 6) is 0.115. The number of hydrogen-bond acceptors (Lipinski definition) is 4. The van der Waals surface area contributed by atoms with Gasteiger partial charge in [0.1, 0.15) is 6.29 Å². The maximum absolute atomic E-state index is 11.6. The van der Waals surface area contributed by atoms with E-state index in [0.717, 1.165) is 63.2 Å². The lowest BCUT2D eigenvalue weighted by Gasteiger charge is -2.53. The molecule has 1 heterocycles. The van der Waals surface area contributed by atoms with Crippen LogP contribution in [0.5, 0.6) is 0 Å². The highest BCUT2D eigenvalue weighted by molar-refractivity contribution is 5.74. The first-order chi connectivity index (χ1) is 15.9. The summed E-state index contributed by atoms with van der Waals surface area (Å²) in [6.07, 6.45) is 14.9. The Morgan fingerprint density at radius 2 is 1.74 bits per heavy atom. The van der Waals surface area contributed by atoms with Crippen LogP contribution in [-0.4, -0.2) is 40.4 Å². The molecule has 0 bridgehead atoms. The first-order valence-corrected chi connectivity index (χ1v) is 13.3. The SMILES string of the molecule is CC(C)=CCCC1(C)OC1CC/C(C)=C/CC[C@@]1(C)[C@H](CCCO)/C(=C(\C)C=O)CC[C@]1(C)O. The highest BCUT2D eigenvalue weighted by Crippen LogP contribution is 2.55. The summed E-state index contributed by atoms with van der Waals surface area (Å²) in [4.78, 5) is 11.6. The Labute approximate surface area is 208 Å². The van der Waals surface area contributed by atoms with Gasteiger partial charge in [0.15, 0.2) is 0 Å². The molecule has 194 valence electrons. The molecule has 1 aliphatic heterocycles. The van der Waals surface area contributed by atoms with Gasteiger partial charge in [-0.3, -0.25) is 4.79 Å². The molecular formula is C30H50O4. The Hall–Kier alpha value is -1.23. The number of carbonyl (C=O) groups excluding carboxylic acids is 1. The van der Waals surface area contributed by atoms with Gasteiger partial charge in [-0.15, -0.1) is 0 Å². The van der Waals surface area contributed by atoms with Crippen molar-refractivity contribution in [3.63, 3.8) is 0 Å². The van der Waals surface area contributed by atoms with Gasteiger partial charge in [-0.1, -0.05) is 35.8 Å². The molecule has 2 fully saturated rings. The number of carbonyl (C=O) groups is 1. The lowest BCUT2D eigenvalue weighted by molar-refractivity contribution is -0.115. The summed E-state index contributed by atoms with van der Waals surface area (Å²) in [6.45, 7) is 14.9. The fourth-order valence-electron chi connectivity index (χ4n) is 5.98. The van der Waals surface area contributed by atoms with E-state index < -0.39 is 5.60 Å². The number of rotatable bonds is 13. The zero-order valence-corrected chi connectivity index (χ0v) is 22.9. The van der Waals surface area contributed by atoms with E-state index in [9.17, 15) is 15.0 Å². The third-order valence-electron chi connectivity index (χ3n) is 8.82. The van der Waals surface area contributed by atoms with E-state index in [4.69, 9.17) is 4.74 Å². The van der Waals surface area contributed by atoms with Crippen molar-refractivity contribution in [1.82, 2.24) is 0 Å². The Kier molecular flexibility index (Phi) is 10.4. The predicted octanol–water partition coefficient (Wildman–Crippen LogP) is 6.85.